The molecule has 0 N–H and O–H groups in total. The summed E-state index contributed by atoms with van der Waals surface area (Å²) >= 11 is 12.1. The second-order valence-electron chi connectivity index (χ2n) is 9.94. The van der Waals surface area contributed by atoms with E-state index in [0.29, 0.717) is 52.0 Å². The number of methoxy groups -OCH3 is 2. The highest BCUT2D eigenvalue weighted by Crippen LogP contribution is 2.39. The number of ether oxygens (including phenoxy) is 4. The van der Waals surface area contributed by atoms with Gasteiger partial charge in [-0.25, -0.2) is 0 Å². The smallest absolute Gasteiger partial charge is 0.162 e. The van der Waals surface area contributed by atoms with Crippen molar-refractivity contribution in [2.45, 2.75) is 39.4 Å². The largest absolute Gasteiger partial charge is 0.493 e. The number of nitrogens with zero attached hydrogens (tertiary/aromatic N) is 2. The molecule has 1 atom stereocenters. The lowest BCUT2D eigenvalue weighted by atomic mass is 9.85. The molecule has 0 saturated heterocycles. The average Bonchev–Trinajstić information content (AvgIpc) is 3.14. The van der Waals surface area contributed by atoms with Gasteiger partial charge in [0.05, 0.1) is 14.2 Å². The molecule has 4 aromatic carbocycles. The molecule has 0 spiro atoms. The zero-order chi connectivity index (χ0) is 29.6. The molecule has 0 aromatic heterocycles. The number of hydrogen-bond acceptors (Lipinski definition) is 6. The van der Waals surface area contributed by atoms with Crippen molar-refractivity contribution in [1.29, 1.82) is 0 Å². The number of benzene rings is 4. The molecular weight excluding hydrogens is 571 g/mol. The van der Waals surface area contributed by atoms with Crippen LogP contribution in [0.3, 0.4) is 0 Å². The molecule has 0 bridgehead atoms. The van der Waals surface area contributed by atoms with Crippen molar-refractivity contribution in [3.63, 3.8) is 0 Å². The van der Waals surface area contributed by atoms with Gasteiger partial charge in [-0.15, -0.1) is 5.10 Å². The van der Waals surface area contributed by atoms with E-state index in [9.17, 15) is 0 Å². The van der Waals surface area contributed by atoms with Crippen LogP contribution < -0.4 is 18.9 Å². The summed E-state index contributed by atoms with van der Waals surface area (Å²) in [6.07, 6.45) is 0.861. The monoisotopic (exact) mass is 602 g/mol. The highest BCUT2D eigenvalue weighted by atomic mass is 35.5. The maximum atomic E-state index is 6.27. The second-order valence-corrected chi connectivity index (χ2v) is 10.8. The highest BCUT2D eigenvalue weighted by Gasteiger charge is 2.27. The van der Waals surface area contributed by atoms with Gasteiger partial charge < -0.3 is 18.9 Å². The van der Waals surface area contributed by atoms with E-state index in [4.69, 9.17) is 47.3 Å². The van der Waals surface area contributed by atoms with Crippen LogP contribution in [0.1, 0.15) is 54.0 Å². The Morgan fingerprint density at radius 1 is 0.667 bits per heavy atom. The van der Waals surface area contributed by atoms with Gasteiger partial charge in [0.15, 0.2) is 23.0 Å². The molecule has 216 valence electrons. The Kier molecular flexibility index (Phi) is 9.35. The molecule has 0 fully saturated rings. The fraction of sp³-hybridized carbons (Fsp3) is 0.235. The molecule has 0 radical (unpaired) electrons. The second kappa shape index (κ2) is 13.3. The highest BCUT2D eigenvalue weighted by molar-refractivity contribution is 6.30. The maximum Gasteiger partial charge on any atom is 0.162 e. The third-order valence-electron chi connectivity index (χ3n) is 7.24. The van der Waals surface area contributed by atoms with Gasteiger partial charge in [-0.3, -0.25) is 0 Å². The summed E-state index contributed by atoms with van der Waals surface area (Å²) in [6, 6.07) is 25.0. The van der Waals surface area contributed by atoms with E-state index < -0.39 is 0 Å². The molecule has 1 unspecified atom stereocenters. The van der Waals surface area contributed by atoms with Crippen LogP contribution in [-0.2, 0) is 13.2 Å². The van der Waals surface area contributed by atoms with Crippen LogP contribution >= 0.6 is 23.2 Å². The summed E-state index contributed by atoms with van der Waals surface area (Å²) in [4.78, 5) is 0. The normalized spacial score (nSPS) is 14.3. The first-order valence-corrected chi connectivity index (χ1v) is 14.4. The Morgan fingerprint density at radius 2 is 1.24 bits per heavy atom. The fourth-order valence-corrected chi connectivity index (χ4v) is 5.22. The van der Waals surface area contributed by atoms with E-state index in [1.165, 1.54) is 0 Å². The minimum absolute atomic E-state index is 0.0735. The Bertz CT molecular complexity index is 1620. The summed E-state index contributed by atoms with van der Waals surface area (Å²) in [6.45, 7) is 4.90. The molecule has 1 heterocycles. The van der Waals surface area contributed by atoms with Crippen LogP contribution in [0, 0.1) is 0 Å². The average molecular weight is 604 g/mol. The van der Waals surface area contributed by atoms with Gasteiger partial charge >= 0.3 is 0 Å². The van der Waals surface area contributed by atoms with Crippen molar-refractivity contribution in [3.05, 3.63) is 117 Å². The third-order valence-corrected chi connectivity index (χ3v) is 7.74. The van der Waals surface area contributed by atoms with Gasteiger partial charge in [0.1, 0.15) is 18.9 Å². The number of halogens is 2. The number of hydrogen-bond donors (Lipinski definition) is 0. The lowest BCUT2D eigenvalue weighted by Gasteiger charge is -2.21. The van der Waals surface area contributed by atoms with Crippen molar-refractivity contribution in [1.82, 2.24) is 0 Å². The number of fused-ring (bicyclic) bond motifs is 1. The Labute approximate surface area is 256 Å². The van der Waals surface area contributed by atoms with Crippen LogP contribution in [0.15, 0.2) is 89.1 Å². The van der Waals surface area contributed by atoms with Crippen LogP contribution in [0.4, 0.5) is 0 Å². The van der Waals surface area contributed by atoms with E-state index in [-0.39, 0.29) is 5.92 Å². The molecule has 4 aromatic rings. The molecular formula is C34H32Cl2N2O4. The minimum atomic E-state index is 0.0735. The molecule has 5 rings (SSSR count). The summed E-state index contributed by atoms with van der Waals surface area (Å²) in [5.74, 6) is 2.56. The first-order chi connectivity index (χ1) is 20.4. The van der Waals surface area contributed by atoms with Crippen molar-refractivity contribution in [3.8, 4) is 23.0 Å². The molecule has 1 aliphatic heterocycles. The van der Waals surface area contributed by atoms with E-state index in [2.05, 4.69) is 12.0 Å². The van der Waals surface area contributed by atoms with Crippen molar-refractivity contribution >= 4 is 34.6 Å². The first-order valence-electron chi connectivity index (χ1n) is 13.7. The van der Waals surface area contributed by atoms with E-state index in [1.807, 2.05) is 85.8 Å². The Hall–Kier alpha value is -4.00. The van der Waals surface area contributed by atoms with Crippen molar-refractivity contribution < 1.29 is 18.9 Å². The summed E-state index contributed by atoms with van der Waals surface area (Å²) < 4.78 is 23.9. The molecule has 0 amide bonds. The van der Waals surface area contributed by atoms with Gasteiger partial charge in [0, 0.05) is 32.8 Å². The fourth-order valence-electron chi connectivity index (χ4n) is 4.96. The zero-order valence-corrected chi connectivity index (χ0v) is 25.5. The quantitative estimate of drug-likeness (QED) is 0.182. The predicted octanol–water partition coefficient (Wildman–Crippen LogP) is 8.89. The Morgan fingerprint density at radius 3 is 1.81 bits per heavy atom. The maximum absolute atomic E-state index is 6.27. The van der Waals surface area contributed by atoms with E-state index in [1.54, 1.807) is 14.2 Å². The number of rotatable bonds is 10. The van der Waals surface area contributed by atoms with Crippen LogP contribution in [0.25, 0.3) is 0 Å². The first kappa shape index (κ1) is 29.5. The molecule has 1 aliphatic rings. The van der Waals surface area contributed by atoms with E-state index >= 15 is 0 Å². The van der Waals surface area contributed by atoms with Gasteiger partial charge in [-0.05, 0) is 84.6 Å². The standard InChI is InChI=1S/C34H32Cl2N2O4/c1-5-27-21(2)37-38-34(24-10-15-30(31(16-24)39-3)41-19-22-6-11-25(35)12-7-22)29-18-33(32(40-4)17-28(27)29)42-20-23-8-13-26(36)14-9-23/h6-18,27H,5,19-20H2,1-4H3. The van der Waals surface area contributed by atoms with Crippen LogP contribution in [-0.4, -0.2) is 25.6 Å². The van der Waals surface area contributed by atoms with Gasteiger partial charge in [-0.2, -0.15) is 5.10 Å². The minimum Gasteiger partial charge on any atom is -0.493 e. The summed E-state index contributed by atoms with van der Waals surface area (Å²) in [5, 5.41) is 10.7. The predicted molar refractivity (Wildman–Crippen MR) is 169 cm³/mol. The summed E-state index contributed by atoms with van der Waals surface area (Å²) in [7, 11) is 3.28. The van der Waals surface area contributed by atoms with Gasteiger partial charge in [0.2, 0.25) is 0 Å². The molecule has 8 heteroatoms. The lowest BCUT2D eigenvalue weighted by molar-refractivity contribution is 0.284. The molecule has 6 nitrogen and oxygen atoms in total. The topological polar surface area (TPSA) is 61.6 Å². The Balaban J connectivity index is 1.50. The van der Waals surface area contributed by atoms with Crippen molar-refractivity contribution in [2.24, 2.45) is 10.2 Å². The SMILES string of the molecule is CCC1C(C)=NN=C(c2ccc(OCc3ccc(Cl)cc3)c(OC)c2)c2cc(OCc3ccc(Cl)cc3)c(OC)cc21. The van der Waals surface area contributed by atoms with Crippen LogP contribution in [0.2, 0.25) is 10.0 Å². The van der Waals surface area contributed by atoms with Crippen LogP contribution in [0.5, 0.6) is 23.0 Å². The molecule has 0 saturated carbocycles. The van der Waals surface area contributed by atoms with Crippen molar-refractivity contribution in [2.75, 3.05) is 14.2 Å². The van der Waals surface area contributed by atoms with E-state index in [0.717, 1.165) is 39.9 Å². The van der Waals surface area contributed by atoms with Gasteiger partial charge in [-0.1, -0.05) is 54.4 Å². The van der Waals surface area contributed by atoms with Gasteiger partial charge in [0.25, 0.3) is 0 Å². The third kappa shape index (κ3) is 6.56. The molecule has 0 aliphatic carbocycles. The summed E-state index contributed by atoms with van der Waals surface area (Å²) in [5.41, 5.74) is 6.48. The molecule has 42 heavy (non-hydrogen) atoms. The lowest BCUT2D eigenvalue weighted by Crippen LogP contribution is -2.13. The zero-order valence-electron chi connectivity index (χ0n) is 24.0.